The maximum atomic E-state index is 11.4. The molecule has 0 aromatic heterocycles. The van der Waals surface area contributed by atoms with Crippen LogP contribution in [0.2, 0.25) is 0 Å². The Labute approximate surface area is 105 Å². The lowest BCUT2D eigenvalue weighted by atomic mass is 10.1. The maximum Gasteiger partial charge on any atom is 0.336 e. The first kappa shape index (κ1) is 13.6. The molecule has 0 radical (unpaired) electrons. The molecule has 3 N–H and O–H groups in total. The number of aryl methyl sites for hydroxylation is 1. The van der Waals surface area contributed by atoms with Crippen molar-refractivity contribution in [3.63, 3.8) is 0 Å². The maximum absolute atomic E-state index is 11.4. The van der Waals surface area contributed by atoms with E-state index < -0.39 is 12.0 Å². The SMILES string of the molecule is C#CCCNC(=O)Nc1ccc(C)c(C(=O)O)c1. The number of carbonyl (C=O) groups is 2. The average Bonchev–Trinajstić information content (AvgIpc) is 2.31. The lowest BCUT2D eigenvalue weighted by Gasteiger charge is -2.08. The van der Waals surface area contributed by atoms with Gasteiger partial charge in [0.25, 0.3) is 0 Å². The molecule has 0 unspecified atom stereocenters. The zero-order valence-corrected chi connectivity index (χ0v) is 9.99. The van der Waals surface area contributed by atoms with Gasteiger partial charge in [0.15, 0.2) is 0 Å². The van der Waals surface area contributed by atoms with Gasteiger partial charge in [0.2, 0.25) is 0 Å². The minimum absolute atomic E-state index is 0.163. The standard InChI is InChI=1S/C13H14N2O3/c1-3-4-7-14-13(18)15-10-6-5-9(2)11(8-10)12(16)17/h1,5-6,8H,4,7H2,2H3,(H,16,17)(H2,14,15,18). The van der Waals surface area contributed by atoms with Crippen LogP contribution in [0.15, 0.2) is 18.2 Å². The third-order valence-electron chi connectivity index (χ3n) is 2.28. The highest BCUT2D eigenvalue weighted by molar-refractivity contribution is 5.94. The normalized spacial score (nSPS) is 9.33. The molecule has 18 heavy (non-hydrogen) atoms. The molecule has 1 aromatic rings. The van der Waals surface area contributed by atoms with E-state index in [2.05, 4.69) is 16.6 Å². The molecule has 0 bridgehead atoms. The topological polar surface area (TPSA) is 78.4 Å². The summed E-state index contributed by atoms with van der Waals surface area (Å²) in [7, 11) is 0. The van der Waals surface area contributed by atoms with Gasteiger partial charge in [0, 0.05) is 18.7 Å². The Kier molecular flexibility index (Phi) is 4.76. The summed E-state index contributed by atoms with van der Waals surface area (Å²) in [6, 6.07) is 4.28. The van der Waals surface area contributed by atoms with E-state index >= 15 is 0 Å². The van der Waals surface area contributed by atoms with E-state index in [1.54, 1.807) is 19.1 Å². The van der Waals surface area contributed by atoms with Crippen molar-refractivity contribution in [3.05, 3.63) is 29.3 Å². The van der Waals surface area contributed by atoms with Gasteiger partial charge in [-0.25, -0.2) is 9.59 Å². The number of hydrogen-bond donors (Lipinski definition) is 3. The Morgan fingerprint density at radius 2 is 2.17 bits per heavy atom. The molecule has 0 aliphatic carbocycles. The van der Waals surface area contributed by atoms with Crippen molar-refractivity contribution in [2.24, 2.45) is 0 Å². The van der Waals surface area contributed by atoms with Gasteiger partial charge >= 0.3 is 12.0 Å². The molecule has 0 saturated carbocycles. The van der Waals surface area contributed by atoms with Crippen molar-refractivity contribution in [1.29, 1.82) is 0 Å². The zero-order valence-electron chi connectivity index (χ0n) is 9.99. The van der Waals surface area contributed by atoms with E-state index in [9.17, 15) is 9.59 Å². The summed E-state index contributed by atoms with van der Waals surface area (Å²) in [4.78, 5) is 22.3. The van der Waals surface area contributed by atoms with Crippen molar-refractivity contribution < 1.29 is 14.7 Å². The number of amides is 2. The van der Waals surface area contributed by atoms with E-state index in [-0.39, 0.29) is 5.56 Å². The first-order chi connectivity index (χ1) is 8.54. The number of carboxylic acid groups (broad SMARTS) is 1. The van der Waals surface area contributed by atoms with Crippen LogP contribution in [0.3, 0.4) is 0 Å². The Bertz CT molecular complexity index is 503. The highest BCUT2D eigenvalue weighted by Crippen LogP contribution is 2.15. The number of aromatic carboxylic acids is 1. The number of benzene rings is 1. The number of terminal acetylenes is 1. The molecular weight excluding hydrogens is 232 g/mol. The summed E-state index contributed by atoms with van der Waals surface area (Å²) in [6.07, 6.45) is 5.50. The van der Waals surface area contributed by atoms with Gasteiger partial charge in [-0.05, 0) is 24.6 Å². The summed E-state index contributed by atoms with van der Waals surface area (Å²) in [6.45, 7) is 2.07. The van der Waals surface area contributed by atoms with Crippen LogP contribution in [0.25, 0.3) is 0 Å². The molecule has 94 valence electrons. The lowest BCUT2D eigenvalue weighted by Crippen LogP contribution is -2.29. The molecule has 5 nitrogen and oxygen atoms in total. The molecule has 0 atom stereocenters. The van der Waals surface area contributed by atoms with Crippen LogP contribution in [-0.2, 0) is 0 Å². The Hall–Kier alpha value is -2.48. The van der Waals surface area contributed by atoms with E-state index in [4.69, 9.17) is 11.5 Å². The van der Waals surface area contributed by atoms with E-state index in [0.717, 1.165) is 0 Å². The predicted molar refractivity (Wildman–Crippen MR) is 68.6 cm³/mol. The zero-order chi connectivity index (χ0) is 13.5. The highest BCUT2D eigenvalue weighted by Gasteiger charge is 2.09. The second-order valence-corrected chi connectivity index (χ2v) is 3.67. The molecule has 1 rings (SSSR count). The van der Waals surface area contributed by atoms with Crippen LogP contribution in [0, 0.1) is 19.3 Å². The van der Waals surface area contributed by atoms with Gasteiger partial charge in [-0.1, -0.05) is 6.07 Å². The smallest absolute Gasteiger partial charge is 0.336 e. The van der Waals surface area contributed by atoms with Gasteiger partial charge in [-0.3, -0.25) is 0 Å². The number of carbonyl (C=O) groups excluding carboxylic acids is 1. The second kappa shape index (κ2) is 6.30. The summed E-state index contributed by atoms with van der Waals surface area (Å²) in [5.74, 6) is 1.37. The number of anilines is 1. The first-order valence-electron chi connectivity index (χ1n) is 5.37. The molecule has 0 spiro atoms. The van der Waals surface area contributed by atoms with Gasteiger partial charge in [-0.2, -0.15) is 0 Å². The third-order valence-corrected chi connectivity index (χ3v) is 2.28. The van der Waals surface area contributed by atoms with Crippen LogP contribution in [0.5, 0.6) is 0 Å². The Balaban J connectivity index is 2.68. The van der Waals surface area contributed by atoms with Crippen molar-refractivity contribution >= 4 is 17.7 Å². The lowest BCUT2D eigenvalue weighted by molar-refractivity contribution is 0.0696. The van der Waals surface area contributed by atoms with Crippen LogP contribution >= 0.6 is 0 Å². The fraction of sp³-hybridized carbons (Fsp3) is 0.231. The molecule has 0 fully saturated rings. The van der Waals surface area contributed by atoms with E-state index in [1.807, 2.05) is 0 Å². The van der Waals surface area contributed by atoms with Gasteiger partial charge in [-0.15, -0.1) is 12.3 Å². The monoisotopic (exact) mass is 246 g/mol. The molecule has 0 saturated heterocycles. The number of carboxylic acids is 1. The molecule has 2 amide bonds. The van der Waals surface area contributed by atoms with Crippen LogP contribution in [-0.4, -0.2) is 23.7 Å². The molecule has 0 aliphatic heterocycles. The average molecular weight is 246 g/mol. The number of hydrogen-bond acceptors (Lipinski definition) is 2. The quantitative estimate of drug-likeness (QED) is 0.560. The Morgan fingerprint density at radius 1 is 1.44 bits per heavy atom. The highest BCUT2D eigenvalue weighted by atomic mass is 16.4. The fourth-order valence-corrected chi connectivity index (χ4v) is 1.35. The summed E-state index contributed by atoms with van der Waals surface area (Å²) in [5.41, 5.74) is 1.23. The van der Waals surface area contributed by atoms with Crippen molar-refractivity contribution in [2.75, 3.05) is 11.9 Å². The molecule has 0 heterocycles. The Morgan fingerprint density at radius 3 is 2.78 bits per heavy atom. The molecule has 1 aromatic carbocycles. The summed E-state index contributed by atoms with van der Waals surface area (Å²) >= 11 is 0. The number of urea groups is 1. The van der Waals surface area contributed by atoms with Crippen LogP contribution in [0.4, 0.5) is 10.5 Å². The van der Waals surface area contributed by atoms with Gasteiger partial charge in [0.05, 0.1) is 5.56 Å². The summed E-state index contributed by atoms with van der Waals surface area (Å²) in [5, 5.41) is 14.0. The van der Waals surface area contributed by atoms with Crippen molar-refractivity contribution in [3.8, 4) is 12.3 Å². The van der Waals surface area contributed by atoms with Crippen LogP contribution in [0.1, 0.15) is 22.3 Å². The second-order valence-electron chi connectivity index (χ2n) is 3.67. The molecular formula is C13H14N2O3. The number of nitrogens with one attached hydrogen (secondary N) is 2. The van der Waals surface area contributed by atoms with Crippen LogP contribution < -0.4 is 10.6 Å². The van der Waals surface area contributed by atoms with Gasteiger partial charge in [0.1, 0.15) is 0 Å². The molecule has 5 heteroatoms. The minimum Gasteiger partial charge on any atom is -0.478 e. The first-order valence-corrected chi connectivity index (χ1v) is 5.37. The van der Waals surface area contributed by atoms with Crippen molar-refractivity contribution in [2.45, 2.75) is 13.3 Å². The molecule has 0 aliphatic rings. The third kappa shape index (κ3) is 3.83. The minimum atomic E-state index is -1.02. The largest absolute Gasteiger partial charge is 0.478 e. The predicted octanol–water partition coefficient (Wildman–Crippen LogP) is 1.84. The van der Waals surface area contributed by atoms with E-state index in [0.29, 0.717) is 24.2 Å². The van der Waals surface area contributed by atoms with Crippen molar-refractivity contribution in [1.82, 2.24) is 5.32 Å². The van der Waals surface area contributed by atoms with E-state index in [1.165, 1.54) is 6.07 Å². The summed E-state index contributed by atoms with van der Waals surface area (Å²) < 4.78 is 0. The van der Waals surface area contributed by atoms with Gasteiger partial charge < -0.3 is 15.7 Å². The number of rotatable bonds is 4. The fourth-order valence-electron chi connectivity index (χ4n) is 1.35.